The number of fused-ring (bicyclic) bond motifs is 5. The number of hydrogen-bond acceptors (Lipinski definition) is 4. The number of hydrogen-bond donors (Lipinski definition) is 3. The maximum atomic E-state index is 13.3. The fourth-order valence-corrected chi connectivity index (χ4v) is 4.17. The van der Waals surface area contributed by atoms with E-state index >= 15 is 0 Å². The van der Waals surface area contributed by atoms with Crippen LogP contribution < -0.4 is 5.32 Å². The predicted octanol–water partition coefficient (Wildman–Crippen LogP) is 3.52. The van der Waals surface area contributed by atoms with Gasteiger partial charge in [0.05, 0.1) is 28.9 Å². The van der Waals surface area contributed by atoms with E-state index in [1.807, 2.05) is 0 Å². The van der Waals surface area contributed by atoms with E-state index in [1.54, 1.807) is 13.8 Å². The summed E-state index contributed by atoms with van der Waals surface area (Å²) < 4.78 is 46.9. The van der Waals surface area contributed by atoms with Gasteiger partial charge in [-0.3, -0.25) is 4.57 Å². The van der Waals surface area contributed by atoms with E-state index in [0.29, 0.717) is 24.2 Å². The molecule has 2 aliphatic rings. The first-order valence-corrected chi connectivity index (χ1v) is 8.19. The van der Waals surface area contributed by atoms with Crippen LogP contribution in [-0.2, 0) is 22.1 Å². The third-order valence-electron chi connectivity index (χ3n) is 5.22. The summed E-state index contributed by atoms with van der Waals surface area (Å²) in [6.07, 6.45) is -4.74. The first kappa shape index (κ1) is 17.7. The van der Waals surface area contributed by atoms with E-state index < -0.39 is 28.6 Å². The zero-order valence-corrected chi connectivity index (χ0v) is 14.5. The highest BCUT2D eigenvalue weighted by molar-refractivity contribution is 5.63. The minimum absolute atomic E-state index is 0.0858. The van der Waals surface area contributed by atoms with E-state index in [4.69, 9.17) is 11.3 Å². The van der Waals surface area contributed by atoms with Crippen LogP contribution in [0.2, 0.25) is 0 Å². The van der Waals surface area contributed by atoms with Crippen LogP contribution in [0.3, 0.4) is 0 Å². The van der Waals surface area contributed by atoms with Gasteiger partial charge in [0.1, 0.15) is 11.2 Å². The fraction of sp³-hybridized carbons (Fsp3) is 0.389. The van der Waals surface area contributed by atoms with Gasteiger partial charge in [-0.25, -0.2) is 4.85 Å². The second-order valence-electron chi connectivity index (χ2n) is 7.21. The molecule has 1 aromatic heterocycles. The minimum Gasteiger partial charge on any atom is -0.494 e. The van der Waals surface area contributed by atoms with Crippen molar-refractivity contribution < 1.29 is 28.1 Å². The summed E-state index contributed by atoms with van der Waals surface area (Å²) in [5.74, 6) is -0.748. The lowest BCUT2D eigenvalue weighted by Crippen LogP contribution is -2.49. The number of morpholine rings is 1. The van der Waals surface area contributed by atoms with Crippen LogP contribution in [0.1, 0.15) is 30.5 Å². The lowest BCUT2D eigenvalue weighted by Gasteiger charge is -2.37. The number of benzene rings is 1. The molecule has 142 valence electrons. The summed E-state index contributed by atoms with van der Waals surface area (Å²) in [4.78, 5) is 2.90. The molecule has 0 radical (unpaired) electrons. The quantitative estimate of drug-likeness (QED) is 0.663. The van der Waals surface area contributed by atoms with Crippen LogP contribution in [-0.4, -0.2) is 27.9 Å². The molecule has 9 heteroatoms. The Morgan fingerprint density at radius 3 is 2.19 bits per heavy atom. The molecule has 27 heavy (non-hydrogen) atoms. The van der Waals surface area contributed by atoms with Gasteiger partial charge >= 0.3 is 6.18 Å². The topological polar surface area (TPSA) is 71.0 Å². The van der Waals surface area contributed by atoms with E-state index in [-0.39, 0.29) is 17.4 Å². The molecule has 0 aliphatic carbocycles. The van der Waals surface area contributed by atoms with Crippen LogP contribution in [0.15, 0.2) is 18.2 Å². The van der Waals surface area contributed by atoms with Crippen LogP contribution in [0.4, 0.5) is 18.9 Å². The van der Waals surface area contributed by atoms with Crippen LogP contribution in [0.25, 0.3) is 10.5 Å². The molecule has 4 rings (SSSR count). The number of alkyl halides is 3. The molecular weight excluding hydrogens is 363 g/mol. The predicted molar refractivity (Wildman–Crippen MR) is 89.0 cm³/mol. The highest BCUT2D eigenvalue weighted by Crippen LogP contribution is 2.57. The van der Waals surface area contributed by atoms with Crippen molar-refractivity contribution in [1.29, 1.82) is 0 Å². The third kappa shape index (κ3) is 2.27. The van der Waals surface area contributed by atoms with E-state index in [2.05, 4.69) is 10.2 Å². The summed E-state index contributed by atoms with van der Waals surface area (Å²) in [5, 5.41) is 24.7. The van der Waals surface area contributed by atoms with Gasteiger partial charge in [0, 0.05) is 13.1 Å². The van der Waals surface area contributed by atoms with Crippen LogP contribution in [0.5, 0.6) is 11.8 Å². The molecule has 2 aromatic rings. The van der Waals surface area contributed by atoms with Crippen molar-refractivity contribution >= 4 is 5.69 Å². The van der Waals surface area contributed by atoms with Crippen molar-refractivity contribution in [2.45, 2.75) is 31.2 Å². The van der Waals surface area contributed by atoms with Gasteiger partial charge in [0.2, 0.25) is 11.8 Å². The monoisotopic (exact) mass is 379 g/mol. The van der Waals surface area contributed by atoms with Crippen molar-refractivity contribution in [3.05, 3.63) is 46.3 Å². The Labute approximate surface area is 152 Å². The molecule has 0 spiro atoms. The van der Waals surface area contributed by atoms with E-state index in [1.165, 1.54) is 6.07 Å². The third-order valence-corrected chi connectivity index (χ3v) is 5.22. The van der Waals surface area contributed by atoms with E-state index in [9.17, 15) is 23.4 Å². The normalized spacial score (nSPS) is 26.7. The van der Waals surface area contributed by atoms with Gasteiger partial charge in [0.15, 0.2) is 5.69 Å². The molecule has 0 unspecified atom stereocenters. The molecule has 3 N–H and O–H groups in total. The van der Waals surface area contributed by atoms with Crippen LogP contribution in [0, 0.1) is 6.57 Å². The largest absolute Gasteiger partial charge is 0.494 e. The maximum absolute atomic E-state index is 13.3. The summed E-state index contributed by atoms with van der Waals surface area (Å²) in [7, 11) is 0. The summed E-state index contributed by atoms with van der Waals surface area (Å²) in [6.45, 7) is 11.2. The standard InChI is InChI=1S/C18H16F3N3O3/c1-16-7-23-8-17(2,27-16)13-12(16)14(25)24(15(13)26)9-4-5-11(22-3)10(6-9)18(19,20)21/h4-6,23,25-26H,7-8H2,1-2H3/t16-,17+. The van der Waals surface area contributed by atoms with Gasteiger partial charge in [-0.1, -0.05) is 6.07 Å². The Kier molecular flexibility index (Phi) is 3.40. The van der Waals surface area contributed by atoms with Crippen molar-refractivity contribution in [3.8, 4) is 17.4 Å². The maximum Gasteiger partial charge on any atom is 0.407 e. The fourth-order valence-electron chi connectivity index (χ4n) is 4.17. The average molecular weight is 379 g/mol. The number of rotatable bonds is 1. The van der Waals surface area contributed by atoms with Crippen LogP contribution >= 0.6 is 0 Å². The lowest BCUT2D eigenvalue weighted by molar-refractivity contribution is -0.148. The average Bonchev–Trinajstić information content (AvgIpc) is 2.94. The number of aromatic nitrogens is 1. The summed E-state index contributed by atoms with van der Waals surface area (Å²) >= 11 is 0. The molecule has 1 fully saturated rings. The lowest BCUT2D eigenvalue weighted by atomic mass is 9.94. The Bertz CT molecular complexity index is 968. The second kappa shape index (κ2) is 5.18. The molecule has 2 aliphatic heterocycles. The molecule has 1 saturated heterocycles. The Morgan fingerprint density at radius 2 is 1.70 bits per heavy atom. The smallest absolute Gasteiger partial charge is 0.407 e. The molecule has 3 heterocycles. The van der Waals surface area contributed by atoms with E-state index in [0.717, 1.165) is 16.7 Å². The van der Waals surface area contributed by atoms with Crippen molar-refractivity contribution in [1.82, 2.24) is 9.88 Å². The first-order chi connectivity index (χ1) is 12.5. The number of ether oxygens (including phenoxy) is 1. The number of halogens is 3. The van der Waals surface area contributed by atoms with Gasteiger partial charge in [-0.05, 0) is 26.0 Å². The molecule has 1 aromatic carbocycles. The Hall–Kier alpha value is -2.70. The molecule has 0 amide bonds. The Morgan fingerprint density at radius 1 is 1.15 bits per heavy atom. The second-order valence-corrected chi connectivity index (χ2v) is 7.21. The van der Waals surface area contributed by atoms with Gasteiger partial charge in [-0.15, -0.1) is 0 Å². The highest BCUT2D eigenvalue weighted by atomic mass is 19.4. The zero-order chi connectivity index (χ0) is 19.8. The van der Waals surface area contributed by atoms with Gasteiger partial charge in [-0.2, -0.15) is 13.2 Å². The summed E-state index contributed by atoms with van der Waals surface area (Å²) in [5.41, 5.74) is -2.88. The Balaban J connectivity index is 1.97. The number of nitrogens with zero attached hydrogens (tertiary/aromatic N) is 2. The van der Waals surface area contributed by atoms with Crippen molar-refractivity contribution in [2.24, 2.45) is 0 Å². The molecule has 2 bridgehead atoms. The number of nitrogens with one attached hydrogen (secondary N) is 1. The molecule has 0 saturated carbocycles. The van der Waals surface area contributed by atoms with Crippen molar-refractivity contribution in [3.63, 3.8) is 0 Å². The molecule has 6 nitrogen and oxygen atoms in total. The van der Waals surface area contributed by atoms with Gasteiger partial charge in [0.25, 0.3) is 0 Å². The molecule has 2 atom stereocenters. The van der Waals surface area contributed by atoms with Gasteiger partial charge < -0.3 is 20.3 Å². The minimum atomic E-state index is -4.74. The highest BCUT2D eigenvalue weighted by Gasteiger charge is 2.56. The van der Waals surface area contributed by atoms with Crippen molar-refractivity contribution in [2.75, 3.05) is 13.1 Å². The number of aromatic hydroxyl groups is 2. The summed E-state index contributed by atoms with van der Waals surface area (Å²) in [6, 6.07) is 3.04. The zero-order valence-electron chi connectivity index (χ0n) is 14.5. The first-order valence-electron chi connectivity index (χ1n) is 8.19. The SMILES string of the molecule is [C-]#[N+]c1ccc(-n2c(O)c3c(c2O)[C@]2(C)CNC[C@@]3(C)O2)cc1C(F)(F)F. The molecular formula is C18H16F3N3O3.